The molecule has 0 saturated carbocycles. The highest BCUT2D eigenvalue weighted by atomic mass is 79.9. The van der Waals surface area contributed by atoms with Crippen LogP contribution in [0.1, 0.15) is 18.9 Å². The minimum absolute atomic E-state index is 0.670. The minimum atomic E-state index is 0.670. The van der Waals surface area contributed by atoms with E-state index in [-0.39, 0.29) is 0 Å². The number of rotatable bonds is 4. The van der Waals surface area contributed by atoms with E-state index < -0.39 is 0 Å². The lowest BCUT2D eigenvalue weighted by atomic mass is 10.0. The average Bonchev–Trinajstić information content (AvgIpc) is 2.92. The number of benzene rings is 2. The number of anilines is 1. The van der Waals surface area contributed by atoms with Crippen molar-refractivity contribution in [1.29, 1.82) is 0 Å². The van der Waals surface area contributed by atoms with Crippen molar-refractivity contribution in [1.82, 2.24) is 4.98 Å². The lowest BCUT2D eigenvalue weighted by Crippen LogP contribution is -1.91. The first-order chi connectivity index (χ1) is 13.5. The third-order valence-electron chi connectivity index (χ3n) is 4.75. The summed E-state index contributed by atoms with van der Waals surface area (Å²) >= 11 is 7.06. The molecule has 0 aliphatic heterocycles. The van der Waals surface area contributed by atoms with Gasteiger partial charge < -0.3 is 15.5 Å². The summed E-state index contributed by atoms with van der Waals surface area (Å²) in [6.45, 7) is 2.13. The second-order valence-corrected chi connectivity index (χ2v) is 8.62. The monoisotopic (exact) mass is 498 g/mol. The standard InChI is InChI=1S/C23H20Br2N2O/c1-14-3-2-4-15(6-5-14)9-16-13-27-22-8-7-18(12-19(16)22)28-23-20(24)10-17(26)11-21(23)25/h3-8,10-13,27H,2,9,26H2,1H3. The third kappa shape index (κ3) is 4.10. The zero-order chi connectivity index (χ0) is 19.7. The number of aromatic amines is 1. The molecule has 4 rings (SSSR count). The molecule has 1 heterocycles. The van der Waals surface area contributed by atoms with Gasteiger partial charge in [-0.15, -0.1) is 0 Å². The Kier molecular flexibility index (Phi) is 5.47. The molecule has 0 atom stereocenters. The Balaban J connectivity index is 1.64. The summed E-state index contributed by atoms with van der Waals surface area (Å²) in [5.74, 6) is 1.49. The van der Waals surface area contributed by atoms with Crippen LogP contribution >= 0.6 is 31.9 Å². The number of nitrogens with one attached hydrogen (secondary N) is 1. The van der Waals surface area contributed by atoms with Gasteiger partial charge in [-0.2, -0.15) is 0 Å². The number of allylic oxidation sites excluding steroid dienone is 6. The van der Waals surface area contributed by atoms with Crippen LogP contribution in [0.2, 0.25) is 0 Å². The maximum absolute atomic E-state index is 6.15. The van der Waals surface area contributed by atoms with Gasteiger partial charge in [-0.25, -0.2) is 0 Å². The van der Waals surface area contributed by atoms with Crippen LogP contribution in [-0.4, -0.2) is 4.98 Å². The second-order valence-electron chi connectivity index (χ2n) is 6.91. The smallest absolute Gasteiger partial charge is 0.155 e. The molecule has 0 saturated heterocycles. The summed E-state index contributed by atoms with van der Waals surface area (Å²) in [5, 5.41) is 1.17. The van der Waals surface area contributed by atoms with Gasteiger partial charge in [0.25, 0.3) is 0 Å². The second kappa shape index (κ2) is 8.02. The van der Waals surface area contributed by atoms with E-state index in [2.05, 4.69) is 86.4 Å². The fraction of sp³-hybridized carbons (Fsp3) is 0.130. The van der Waals surface area contributed by atoms with Crippen LogP contribution in [0.5, 0.6) is 11.5 Å². The van der Waals surface area contributed by atoms with Crippen molar-refractivity contribution >= 4 is 48.5 Å². The van der Waals surface area contributed by atoms with Crippen molar-refractivity contribution in [3.8, 4) is 11.5 Å². The fourth-order valence-electron chi connectivity index (χ4n) is 3.28. The average molecular weight is 500 g/mol. The van der Waals surface area contributed by atoms with Crippen molar-refractivity contribution in [2.45, 2.75) is 19.8 Å². The fourth-order valence-corrected chi connectivity index (χ4v) is 4.67. The summed E-state index contributed by atoms with van der Waals surface area (Å²) in [6, 6.07) is 9.77. The van der Waals surface area contributed by atoms with E-state index in [0.717, 1.165) is 33.1 Å². The van der Waals surface area contributed by atoms with E-state index in [4.69, 9.17) is 10.5 Å². The number of nitrogen functional groups attached to an aromatic ring is 1. The normalized spacial score (nSPS) is 14.0. The van der Waals surface area contributed by atoms with E-state index in [9.17, 15) is 0 Å². The number of halogens is 2. The topological polar surface area (TPSA) is 51.0 Å². The summed E-state index contributed by atoms with van der Waals surface area (Å²) in [7, 11) is 0. The van der Waals surface area contributed by atoms with E-state index in [1.54, 1.807) is 0 Å². The maximum Gasteiger partial charge on any atom is 0.155 e. The number of ether oxygens (including phenoxy) is 1. The van der Waals surface area contributed by atoms with Crippen molar-refractivity contribution in [3.63, 3.8) is 0 Å². The first kappa shape index (κ1) is 19.1. The maximum atomic E-state index is 6.15. The van der Waals surface area contributed by atoms with Crippen LogP contribution in [0.25, 0.3) is 10.9 Å². The molecule has 0 unspecified atom stereocenters. The van der Waals surface area contributed by atoms with Crippen LogP contribution in [0, 0.1) is 0 Å². The molecule has 1 aliphatic carbocycles. The number of fused-ring (bicyclic) bond motifs is 1. The lowest BCUT2D eigenvalue weighted by Gasteiger charge is -2.11. The van der Waals surface area contributed by atoms with Crippen molar-refractivity contribution in [3.05, 3.63) is 86.5 Å². The molecule has 0 fully saturated rings. The van der Waals surface area contributed by atoms with E-state index in [0.29, 0.717) is 11.4 Å². The molecule has 1 aliphatic rings. The van der Waals surface area contributed by atoms with Gasteiger partial charge in [0, 0.05) is 22.8 Å². The van der Waals surface area contributed by atoms with Crippen LogP contribution in [0.4, 0.5) is 5.69 Å². The molecule has 0 bridgehead atoms. The molecule has 3 nitrogen and oxygen atoms in total. The molecule has 3 aromatic rings. The summed E-state index contributed by atoms with van der Waals surface area (Å²) in [4.78, 5) is 3.37. The highest BCUT2D eigenvalue weighted by Crippen LogP contribution is 2.39. The zero-order valence-corrected chi connectivity index (χ0v) is 18.6. The Bertz CT molecular complexity index is 1120. The molecule has 3 N–H and O–H groups in total. The summed E-state index contributed by atoms with van der Waals surface area (Å²) < 4.78 is 7.77. The molecule has 2 aromatic carbocycles. The predicted molar refractivity (Wildman–Crippen MR) is 124 cm³/mol. The molecule has 0 radical (unpaired) electrons. The van der Waals surface area contributed by atoms with Gasteiger partial charge in [0.2, 0.25) is 0 Å². The van der Waals surface area contributed by atoms with E-state index in [1.807, 2.05) is 18.2 Å². The number of H-pyrrole nitrogens is 1. The highest BCUT2D eigenvalue weighted by molar-refractivity contribution is 9.11. The SMILES string of the molecule is CC1=CCC=C(Cc2c[nH]c3ccc(Oc4c(Br)cc(N)cc4Br)cc23)C=C1. The van der Waals surface area contributed by atoms with Crippen molar-refractivity contribution < 1.29 is 4.74 Å². The largest absolute Gasteiger partial charge is 0.455 e. The van der Waals surface area contributed by atoms with E-state index in [1.165, 1.54) is 22.1 Å². The third-order valence-corrected chi connectivity index (χ3v) is 5.93. The Morgan fingerprint density at radius 2 is 1.86 bits per heavy atom. The van der Waals surface area contributed by atoms with Gasteiger partial charge in [-0.1, -0.05) is 29.9 Å². The Labute approximate surface area is 181 Å². The van der Waals surface area contributed by atoms with Crippen molar-refractivity contribution in [2.75, 3.05) is 5.73 Å². The molecule has 1 aromatic heterocycles. The van der Waals surface area contributed by atoms with Crippen LogP contribution < -0.4 is 10.5 Å². The first-order valence-corrected chi connectivity index (χ1v) is 10.6. The van der Waals surface area contributed by atoms with Gasteiger partial charge in [0.15, 0.2) is 5.75 Å². The van der Waals surface area contributed by atoms with Crippen LogP contribution in [0.3, 0.4) is 0 Å². The number of hydrogen-bond acceptors (Lipinski definition) is 2. The van der Waals surface area contributed by atoms with Gasteiger partial charge in [0.05, 0.1) is 8.95 Å². The molecular formula is C23H20Br2N2O. The van der Waals surface area contributed by atoms with Gasteiger partial charge in [0.1, 0.15) is 5.75 Å². The highest BCUT2D eigenvalue weighted by Gasteiger charge is 2.12. The number of aromatic nitrogens is 1. The van der Waals surface area contributed by atoms with Gasteiger partial charge in [-0.05, 0) is 93.1 Å². The number of nitrogens with two attached hydrogens (primary N) is 1. The zero-order valence-electron chi connectivity index (χ0n) is 15.4. The molecule has 5 heteroatoms. The Morgan fingerprint density at radius 3 is 2.64 bits per heavy atom. The van der Waals surface area contributed by atoms with Crippen LogP contribution in [-0.2, 0) is 6.42 Å². The van der Waals surface area contributed by atoms with Gasteiger partial charge in [-0.3, -0.25) is 0 Å². The van der Waals surface area contributed by atoms with Crippen LogP contribution in [0.15, 0.2) is 80.9 Å². The summed E-state index contributed by atoms with van der Waals surface area (Å²) in [5.41, 5.74) is 11.5. The lowest BCUT2D eigenvalue weighted by molar-refractivity contribution is 0.477. The Hall–Kier alpha value is -2.24. The summed E-state index contributed by atoms with van der Waals surface area (Å²) in [6.07, 6.45) is 12.9. The minimum Gasteiger partial charge on any atom is -0.455 e. The molecule has 0 spiro atoms. The molecule has 142 valence electrons. The number of hydrogen-bond donors (Lipinski definition) is 2. The van der Waals surface area contributed by atoms with E-state index >= 15 is 0 Å². The molecule has 0 amide bonds. The first-order valence-electron chi connectivity index (χ1n) is 9.06. The molecular weight excluding hydrogens is 480 g/mol. The van der Waals surface area contributed by atoms with Crippen molar-refractivity contribution in [2.24, 2.45) is 0 Å². The predicted octanol–water partition coefficient (Wildman–Crippen LogP) is 7.44. The molecule has 28 heavy (non-hydrogen) atoms. The van der Waals surface area contributed by atoms with Gasteiger partial charge >= 0.3 is 0 Å². The quantitative estimate of drug-likeness (QED) is 0.366. The Morgan fingerprint density at radius 1 is 1.07 bits per heavy atom.